The normalized spacial score (nSPS) is 10.3. The molecule has 0 bridgehead atoms. The van der Waals surface area contributed by atoms with E-state index in [1.54, 1.807) is 27.7 Å². The van der Waals surface area contributed by atoms with Crippen LogP contribution in [-0.2, 0) is 38.1 Å². The van der Waals surface area contributed by atoms with Gasteiger partial charge in [0.05, 0.1) is 19.8 Å². The Labute approximate surface area is 192 Å². The van der Waals surface area contributed by atoms with Gasteiger partial charge in [0.2, 0.25) is 0 Å². The van der Waals surface area contributed by atoms with Crippen molar-refractivity contribution < 1.29 is 38.1 Å². The van der Waals surface area contributed by atoms with Gasteiger partial charge in [-0.15, -0.1) is 0 Å². The molecule has 0 fully saturated rings. The van der Waals surface area contributed by atoms with E-state index < -0.39 is 0 Å². The predicted octanol–water partition coefficient (Wildman–Crippen LogP) is 4.46. The molecule has 0 aliphatic rings. The van der Waals surface area contributed by atoms with Gasteiger partial charge in [-0.2, -0.15) is 0 Å². The molecule has 0 heterocycles. The molecule has 0 spiro atoms. The van der Waals surface area contributed by atoms with E-state index in [1.807, 2.05) is 13.0 Å². The largest absolute Gasteiger partial charge is 0.465 e. The molecule has 0 rings (SSSR count). The van der Waals surface area contributed by atoms with Crippen molar-refractivity contribution in [2.45, 2.75) is 79.6 Å². The molecule has 0 amide bonds. The van der Waals surface area contributed by atoms with E-state index in [9.17, 15) is 19.2 Å². The first-order chi connectivity index (χ1) is 15.2. The Morgan fingerprint density at radius 1 is 0.625 bits per heavy atom. The lowest BCUT2D eigenvalue weighted by Crippen LogP contribution is -2.07. The van der Waals surface area contributed by atoms with Crippen molar-refractivity contribution in [3.05, 3.63) is 23.8 Å². The van der Waals surface area contributed by atoms with Crippen molar-refractivity contribution in [3.8, 4) is 0 Å². The van der Waals surface area contributed by atoms with Gasteiger partial charge < -0.3 is 18.9 Å². The molecule has 0 saturated heterocycles. The molecule has 8 heteroatoms. The summed E-state index contributed by atoms with van der Waals surface area (Å²) < 4.78 is 19.6. The number of hydrogen-bond donors (Lipinski definition) is 0. The van der Waals surface area contributed by atoms with Gasteiger partial charge in [-0.1, -0.05) is 45.4 Å². The highest BCUT2D eigenvalue weighted by Crippen LogP contribution is 2.05. The molecule has 32 heavy (non-hydrogen) atoms. The van der Waals surface area contributed by atoms with Crippen LogP contribution in [-0.4, -0.2) is 50.3 Å². The minimum Gasteiger partial charge on any atom is -0.465 e. The topological polar surface area (TPSA) is 105 Å². The first kappa shape index (κ1) is 31.5. The van der Waals surface area contributed by atoms with Crippen LogP contribution in [0.15, 0.2) is 23.8 Å². The molecule has 0 radical (unpaired) electrons. The van der Waals surface area contributed by atoms with Crippen LogP contribution in [0.1, 0.15) is 79.6 Å². The van der Waals surface area contributed by atoms with Gasteiger partial charge >= 0.3 is 23.9 Å². The summed E-state index contributed by atoms with van der Waals surface area (Å²) in [6.07, 6.45) is 5.31. The Morgan fingerprint density at radius 2 is 0.969 bits per heavy atom. The number of carbonyl (C=O) groups is 4. The first-order valence-electron chi connectivity index (χ1n) is 11.1. The van der Waals surface area contributed by atoms with Crippen LogP contribution in [0.4, 0.5) is 0 Å². The molecule has 0 N–H and O–H groups in total. The standard InChI is InChI=1S/2C12H20O4/c2*1-4-11(13)15-8-6-10(3)7-9-16-12(14)5-2/h6H,4-5,7-9H2,1-3H3;3-9H2,1-2H3/b10-6+;. The van der Waals surface area contributed by atoms with Crippen molar-refractivity contribution in [2.24, 2.45) is 0 Å². The van der Waals surface area contributed by atoms with E-state index in [2.05, 4.69) is 6.58 Å². The smallest absolute Gasteiger partial charge is 0.305 e. The van der Waals surface area contributed by atoms with Crippen LogP contribution < -0.4 is 0 Å². The summed E-state index contributed by atoms with van der Waals surface area (Å²) in [5, 5.41) is 0. The lowest BCUT2D eigenvalue weighted by molar-refractivity contribution is -0.144. The van der Waals surface area contributed by atoms with Crippen LogP contribution >= 0.6 is 0 Å². The molecular weight excluding hydrogens is 416 g/mol. The van der Waals surface area contributed by atoms with Crippen molar-refractivity contribution in [1.82, 2.24) is 0 Å². The molecule has 0 unspecified atom stereocenters. The van der Waals surface area contributed by atoms with Gasteiger partial charge in [0, 0.05) is 44.9 Å². The summed E-state index contributed by atoms with van der Waals surface area (Å²) in [5.74, 6) is -0.804. The molecule has 0 aliphatic heterocycles. The molecule has 0 aromatic rings. The number of rotatable bonds is 15. The van der Waals surface area contributed by atoms with Gasteiger partial charge in [-0.3, -0.25) is 19.2 Å². The van der Waals surface area contributed by atoms with E-state index in [0.717, 1.165) is 11.1 Å². The Bertz CT molecular complexity index is 583. The molecule has 184 valence electrons. The quantitative estimate of drug-likeness (QED) is 0.202. The number of hydrogen-bond acceptors (Lipinski definition) is 8. The number of esters is 4. The van der Waals surface area contributed by atoms with Crippen LogP contribution in [0.2, 0.25) is 0 Å². The second kappa shape index (κ2) is 21.6. The average Bonchev–Trinajstić information content (AvgIpc) is 2.78. The molecule has 0 saturated carbocycles. The third-order valence-corrected chi connectivity index (χ3v) is 4.03. The second-order valence-electron chi connectivity index (χ2n) is 6.81. The fraction of sp³-hybridized carbons (Fsp3) is 0.667. The molecule has 0 aromatic heterocycles. The molecular formula is C24H40O8. The lowest BCUT2D eigenvalue weighted by Gasteiger charge is -2.07. The average molecular weight is 457 g/mol. The highest BCUT2D eigenvalue weighted by Gasteiger charge is 2.02. The third kappa shape index (κ3) is 22.1. The maximum Gasteiger partial charge on any atom is 0.305 e. The Kier molecular flexibility index (Phi) is 21.3. The van der Waals surface area contributed by atoms with Crippen LogP contribution in [0, 0.1) is 0 Å². The predicted molar refractivity (Wildman–Crippen MR) is 122 cm³/mol. The third-order valence-electron chi connectivity index (χ3n) is 4.03. The van der Waals surface area contributed by atoms with Gasteiger partial charge in [0.25, 0.3) is 0 Å². The zero-order valence-corrected chi connectivity index (χ0v) is 20.3. The van der Waals surface area contributed by atoms with Crippen molar-refractivity contribution in [3.63, 3.8) is 0 Å². The van der Waals surface area contributed by atoms with Crippen LogP contribution in [0.5, 0.6) is 0 Å². The molecule has 0 aliphatic carbocycles. The Morgan fingerprint density at radius 3 is 1.34 bits per heavy atom. The fourth-order valence-corrected chi connectivity index (χ4v) is 1.86. The van der Waals surface area contributed by atoms with Gasteiger partial charge in [-0.05, 0) is 13.0 Å². The molecule has 0 aromatic carbocycles. The maximum absolute atomic E-state index is 10.8. The summed E-state index contributed by atoms with van der Waals surface area (Å²) in [6, 6.07) is 0. The zero-order valence-electron chi connectivity index (χ0n) is 20.3. The molecule has 8 nitrogen and oxygen atoms in total. The molecule has 0 atom stereocenters. The van der Waals surface area contributed by atoms with E-state index in [4.69, 9.17) is 18.9 Å². The van der Waals surface area contributed by atoms with Crippen molar-refractivity contribution >= 4 is 23.9 Å². The maximum atomic E-state index is 10.8. The van der Waals surface area contributed by atoms with E-state index in [0.29, 0.717) is 71.4 Å². The minimum atomic E-state index is -0.207. The van der Waals surface area contributed by atoms with E-state index >= 15 is 0 Å². The first-order valence-corrected chi connectivity index (χ1v) is 11.1. The van der Waals surface area contributed by atoms with E-state index in [-0.39, 0.29) is 23.9 Å². The minimum absolute atomic E-state index is 0.190. The van der Waals surface area contributed by atoms with Gasteiger partial charge in [0.15, 0.2) is 0 Å². The second-order valence-corrected chi connectivity index (χ2v) is 6.81. The van der Waals surface area contributed by atoms with Gasteiger partial charge in [0.1, 0.15) is 6.61 Å². The van der Waals surface area contributed by atoms with Crippen LogP contribution in [0.25, 0.3) is 0 Å². The SMILES string of the molecule is C=C(CCOC(=O)CC)CCOC(=O)CC.CCC(=O)OC/C=C(\C)CCOC(=O)CC. The Balaban J connectivity index is 0. The summed E-state index contributed by atoms with van der Waals surface area (Å²) in [6.45, 7) is 14.1. The Hall–Kier alpha value is -2.64. The highest BCUT2D eigenvalue weighted by atomic mass is 16.5. The summed E-state index contributed by atoms with van der Waals surface area (Å²) in [4.78, 5) is 43.3. The number of ether oxygens (including phenoxy) is 4. The monoisotopic (exact) mass is 456 g/mol. The summed E-state index contributed by atoms with van der Waals surface area (Å²) in [5.41, 5.74) is 1.97. The summed E-state index contributed by atoms with van der Waals surface area (Å²) in [7, 11) is 0. The van der Waals surface area contributed by atoms with E-state index in [1.165, 1.54) is 0 Å². The van der Waals surface area contributed by atoms with Gasteiger partial charge in [-0.25, -0.2) is 0 Å². The summed E-state index contributed by atoms with van der Waals surface area (Å²) >= 11 is 0. The van der Waals surface area contributed by atoms with Crippen LogP contribution in [0.3, 0.4) is 0 Å². The van der Waals surface area contributed by atoms with Crippen molar-refractivity contribution in [2.75, 3.05) is 26.4 Å². The zero-order chi connectivity index (χ0) is 24.8. The highest BCUT2D eigenvalue weighted by molar-refractivity contribution is 5.69. The van der Waals surface area contributed by atoms with Crippen molar-refractivity contribution in [1.29, 1.82) is 0 Å². The lowest BCUT2D eigenvalue weighted by atomic mass is 10.2. The number of carbonyl (C=O) groups excluding carboxylic acids is 4. The fourth-order valence-electron chi connectivity index (χ4n) is 1.86.